The van der Waals surface area contributed by atoms with E-state index in [4.69, 9.17) is 4.42 Å². The van der Waals surface area contributed by atoms with Gasteiger partial charge in [0, 0.05) is 11.3 Å². The fraction of sp³-hybridized carbons (Fsp3) is 0.167. The van der Waals surface area contributed by atoms with E-state index in [0.29, 0.717) is 0 Å². The average molecular weight is 295 g/mol. The van der Waals surface area contributed by atoms with Gasteiger partial charge in [-0.3, -0.25) is 0 Å². The second kappa shape index (κ2) is 5.28. The molecule has 3 heterocycles. The minimum absolute atomic E-state index is 0.0566. The Bertz CT molecular complexity index is 592. The van der Waals surface area contributed by atoms with Crippen molar-refractivity contribution in [2.24, 2.45) is 0 Å². The van der Waals surface area contributed by atoms with E-state index in [-0.39, 0.29) is 5.94 Å². The number of nitrogens with zero attached hydrogens (tertiary/aromatic N) is 2. The normalized spacial score (nSPS) is 17.9. The van der Waals surface area contributed by atoms with Gasteiger partial charge in [0.1, 0.15) is 0 Å². The number of aliphatic hydroxyl groups is 1. The van der Waals surface area contributed by atoms with Crippen molar-refractivity contribution in [3.05, 3.63) is 47.1 Å². The minimum Gasteiger partial charge on any atom is -0.472 e. The van der Waals surface area contributed by atoms with Crippen LogP contribution in [0.2, 0.25) is 0 Å². The van der Waals surface area contributed by atoms with Crippen molar-refractivity contribution in [2.45, 2.75) is 16.1 Å². The van der Waals surface area contributed by atoms with E-state index in [1.54, 1.807) is 24.3 Å². The monoisotopic (exact) mass is 295 g/mol. The number of H-pyrrole nitrogens is 1. The van der Waals surface area contributed by atoms with Crippen LogP contribution < -0.4 is 0 Å². The Kier molecular flexibility index (Phi) is 3.50. The van der Waals surface area contributed by atoms with E-state index >= 15 is 0 Å². The van der Waals surface area contributed by atoms with Gasteiger partial charge in [-0.2, -0.15) is 0 Å². The maximum absolute atomic E-state index is 9.59. The fourth-order valence-corrected chi connectivity index (χ4v) is 4.35. The van der Waals surface area contributed by atoms with Crippen molar-refractivity contribution >= 4 is 21.8 Å². The molecule has 1 aliphatic rings. The van der Waals surface area contributed by atoms with Crippen LogP contribution in [-0.4, -0.2) is 26.2 Å². The highest BCUT2D eigenvalue weighted by Gasteiger charge is 2.26. The van der Waals surface area contributed by atoms with Crippen LogP contribution >= 0.6 is 21.8 Å². The van der Waals surface area contributed by atoms with Crippen LogP contribution in [0.4, 0.5) is 0 Å². The second-order valence-electron chi connectivity index (χ2n) is 3.99. The third-order valence-electron chi connectivity index (χ3n) is 2.73. The zero-order valence-electron chi connectivity index (χ0n) is 10.0. The summed E-state index contributed by atoms with van der Waals surface area (Å²) in [6, 6.07) is 1.92. The Labute approximate surface area is 116 Å². The third kappa shape index (κ3) is 2.49. The van der Waals surface area contributed by atoms with Gasteiger partial charge in [-0.25, -0.2) is 0 Å². The summed E-state index contributed by atoms with van der Waals surface area (Å²) < 4.78 is 5.02. The van der Waals surface area contributed by atoms with Crippen LogP contribution in [0, 0.1) is 0 Å². The van der Waals surface area contributed by atoms with Crippen LogP contribution in [0.25, 0.3) is 0 Å². The number of rotatable bonds is 5. The lowest BCUT2D eigenvalue weighted by Gasteiger charge is -2.24. The van der Waals surface area contributed by atoms with Gasteiger partial charge in [0.2, 0.25) is 0 Å². The molecule has 0 amide bonds. The summed E-state index contributed by atoms with van der Waals surface area (Å²) >= 11 is 1.56. The highest BCUT2D eigenvalue weighted by Crippen LogP contribution is 2.58. The van der Waals surface area contributed by atoms with Gasteiger partial charge in [-0.15, -0.1) is 20.2 Å². The molecule has 5 nitrogen and oxygen atoms in total. The molecule has 0 unspecified atom stereocenters. The molecule has 0 radical (unpaired) electrons. The fourth-order valence-electron chi connectivity index (χ4n) is 1.69. The third-order valence-corrected chi connectivity index (χ3v) is 6.28. The Morgan fingerprint density at radius 2 is 2.16 bits per heavy atom. The molecule has 0 spiro atoms. The van der Waals surface area contributed by atoms with E-state index < -0.39 is 10.0 Å². The van der Waals surface area contributed by atoms with Crippen LogP contribution in [0.5, 0.6) is 0 Å². The predicted molar refractivity (Wildman–Crippen MR) is 75.9 cm³/mol. The average Bonchev–Trinajstić information content (AvgIpc) is 3.17. The smallest absolute Gasteiger partial charge is 0.189 e. The first-order valence-electron chi connectivity index (χ1n) is 5.66. The van der Waals surface area contributed by atoms with Crippen molar-refractivity contribution in [2.75, 3.05) is 5.94 Å². The molecule has 0 saturated heterocycles. The van der Waals surface area contributed by atoms with Crippen molar-refractivity contribution < 1.29 is 9.52 Å². The maximum atomic E-state index is 9.59. The van der Waals surface area contributed by atoms with Crippen molar-refractivity contribution in [1.29, 1.82) is 0 Å². The lowest BCUT2D eigenvalue weighted by Crippen LogP contribution is -1.99. The number of aliphatic hydroxyl groups excluding tert-OH is 1. The highest BCUT2D eigenvalue weighted by atomic mass is 32.3. The van der Waals surface area contributed by atoms with Gasteiger partial charge >= 0.3 is 0 Å². The molecule has 2 aromatic rings. The summed E-state index contributed by atoms with van der Waals surface area (Å²) in [5.41, 5.74) is 1.10. The molecule has 7 heteroatoms. The van der Waals surface area contributed by atoms with E-state index in [9.17, 15) is 5.11 Å². The number of hydrogen-bond acceptors (Lipinski definition) is 5. The largest absolute Gasteiger partial charge is 0.472 e. The molecule has 0 saturated carbocycles. The zero-order chi connectivity index (χ0) is 13.1. The zero-order valence-corrected chi connectivity index (χ0v) is 11.7. The molecule has 0 bridgehead atoms. The molecule has 19 heavy (non-hydrogen) atoms. The SMILES string of the molecule is OCS1(c2nnc(SCc3ccoc3)[nH]2)C=CC=C1. The van der Waals surface area contributed by atoms with E-state index in [1.807, 2.05) is 29.0 Å². The minimum atomic E-state index is -1.50. The summed E-state index contributed by atoms with van der Waals surface area (Å²) in [5, 5.41) is 23.4. The number of aromatic amines is 1. The molecular weight excluding hydrogens is 282 g/mol. The topological polar surface area (TPSA) is 74.9 Å². The number of allylic oxidation sites excluding steroid dienone is 2. The number of thioether (sulfide) groups is 1. The lowest BCUT2D eigenvalue weighted by molar-refractivity contribution is 0.372. The van der Waals surface area contributed by atoms with Crippen LogP contribution in [-0.2, 0) is 5.75 Å². The van der Waals surface area contributed by atoms with Gasteiger partial charge in [0.15, 0.2) is 10.3 Å². The van der Waals surface area contributed by atoms with Gasteiger partial charge in [-0.1, -0.05) is 23.9 Å². The molecular formula is C12H13N3O2S2. The highest BCUT2D eigenvalue weighted by molar-refractivity contribution is 8.38. The number of hydrogen-bond donors (Lipinski definition) is 2. The molecule has 2 aromatic heterocycles. The van der Waals surface area contributed by atoms with E-state index in [0.717, 1.165) is 21.6 Å². The van der Waals surface area contributed by atoms with Gasteiger partial charge in [0.25, 0.3) is 0 Å². The molecule has 0 fully saturated rings. The van der Waals surface area contributed by atoms with Gasteiger partial charge in [0.05, 0.1) is 18.5 Å². The first kappa shape index (κ1) is 12.6. The number of nitrogens with one attached hydrogen (secondary N) is 1. The summed E-state index contributed by atoms with van der Waals surface area (Å²) in [4.78, 5) is 3.19. The van der Waals surface area contributed by atoms with Crippen molar-refractivity contribution in [3.8, 4) is 0 Å². The summed E-state index contributed by atoms with van der Waals surface area (Å²) in [7, 11) is -1.50. The summed E-state index contributed by atoms with van der Waals surface area (Å²) in [5.74, 6) is 0.833. The van der Waals surface area contributed by atoms with Gasteiger partial charge < -0.3 is 14.5 Å². The molecule has 1 aliphatic heterocycles. The number of aromatic nitrogens is 3. The molecule has 0 aromatic carbocycles. The standard InChI is InChI=1S/C12H13N3O2S2/c16-9-19(5-1-2-6-19)12-13-11(14-15-12)18-8-10-3-4-17-7-10/h1-7,16H,8-9H2,(H,13,14,15). The predicted octanol–water partition coefficient (Wildman–Crippen LogP) is 2.84. The van der Waals surface area contributed by atoms with Crippen LogP contribution in [0.3, 0.4) is 0 Å². The lowest BCUT2D eigenvalue weighted by atomic mass is 10.4. The summed E-state index contributed by atoms with van der Waals surface area (Å²) in [6.07, 6.45) is 7.24. The molecule has 0 atom stereocenters. The van der Waals surface area contributed by atoms with E-state index in [2.05, 4.69) is 15.2 Å². The van der Waals surface area contributed by atoms with E-state index in [1.165, 1.54) is 0 Å². The molecule has 3 rings (SSSR count). The van der Waals surface area contributed by atoms with Crippen molar-refractivity contribution in [1.82, 2.24) is 15.2 Å². The molecule has 2 N–H and O–H groups in total. The van der Waals surface area contributed by atoms with Crippen molar-refractivity contribution in [3.63, 3.8) is 0 Å². The Morgan fingerprint density at radius 1 is 1.32 bits per heavy atom. The Morgan fingerprint density at radius 3 is 2.84 bits per heavy atom. The first-order chi connectivity index (χ1) is 9.32. The van der Waals surface area contributed by atoms with Crippen LogP contribution in [0.1, 0.15) is 5.56 Å². The summed E-state index contributed by atoms with van der Waals surface area (Å²) in [6.45, 7) is 0. The van der Waals surface area contributed by atoms with Gasteiger partial charge in [-0.05, 0) is 16.9 Å². The second-order valence-corrected chi connectivity index (χ2v) is 7.84. The maximum Gasteiger partial charge on any atom is 0.189 e. The molecule has 0 aliphatic carbocycles. The Hall–Kier alpha value is -1.44. The molecule has 100 valence electrons. The van der Waals surface area contributed by atoms with Crippen LogP contribution in [0.15, 0.2) is 56.3 Å². The number of furan rings is 1. The Balaban J connectivity index is 1.73. The first-order valence-corrected chi connectivity index (χ1v) is 8.57. The quantitative estimate of drug-likeness (QED) is 0.830.